The van der Waals surface area contributed by atoms with E-state index < -0.39 is 23.7 Å². The Bertz CT molecular complexity index is 898. The van der Waals surface area contributed by atoms with E-state index in [1.807, 2.05) is 67.5 Å². The van der Waals surface area contributed by atoms with Gasteiger partial charge in [-0.15, -0.1) is 0 Å². The third-order valence-electron chi connectivity index (χ3n) is 7.25. The number of esters is 2. The lowest BCUT2D eigenvalue weighted by atomic mass is 9.67. The van der Waals surface area contributed by atoms with Gasteiger partial charge in [-0.3, -0.25) is 9.59 Å². The monoisotopic (exact) mass is 472 g/mol. The topological polar surface area (TPSA) is 71.1 Å². The van der Waals surface area contributed by atoms with Gasteiger partial charge in [0.2, 0.25) is 0 Å². The van der Waals surface area contributed by atoms with Crippen LogP contribution in [0.25, 0.3) is 0 Å². The molecule has 188 valence electrons. The number of benzene rings is 1. The van der Waals surface area contributed by atoms with E-state index in [9.17, 15) is 9.59 Å². The lowest BCUT2D eigenvalue weighted by Crippen LogP contribution is -2.41. The highest BCUT2D eigenvalue weighted by Gasteiger charge is 2.53. The summed E-state index contributed by atoms with van der Waals surface area (Å²) >= 11 is 0. The minimum absolute atomic E-state index is 0.144. The van der Waals surface area contributed by atoms with Crippen molar-refractivity contribution in [3.63, 3.8) is 0 Å². The van der Waals surface area contributed by atoms with E-state index in [4.69, 9.17) is 18.8 Å². The molecule has 0 amide bonds. The molecular formula is C27H41BO6. The second-order valence-electron chi connectivity index (χ2n) is 11.6. The van der Waals surface area contributed by atoms with Gasteiger partial charge in [0, 0.05) is 6.42 Å². The minimum Gasteiger partial charge on any atom is -0.466 e. The quantitative estimate of drug-likeness (QED) is 0.313. The molecule has 1 aliphatic heterocycles. The zero-order chi connectivity index (χ0) is 25.3. The van der Waals surface area contributed by atoms with Crippen LogP contribution in [-0.2, 0) is 30.1 Å². The lowest BCUT2D eigenvalue weighted by molar-refractivity contribution is -0.143. The molecule has 1 unspecified atom stereocenters. The molecule has 2 aliphatic rings. The third kappa shape index (κ3) is 5.85. The van der Waals surface area contributed by atoms with Crippen molar-refractivity contribution in [3.8, 4) is 5.75 Å². The molecule has 34 heavy (non-hydrogen) atoms. The van der Waals surface area contributed by atoms with Crippen molar-refractivity contribution in [2.75, 3.05) is 6.61 Å². The average Bonchev–Trinajstić information content (AvgIpc) is 2.94. The molecule has 6 nitrogen and oxygen atoms in total. The van der Waals surface area contributed by atoms with Gasteiger partial charge in [0.25, 0.3) is 0 Å². The zero-order valence-corrected chi connectivity index (χ0v) is 22.2. The molecule has 1 aromatic rings. The standard InChI is InChI=1S/C27H41BO6/c1-9-31-22(29)15-11-13-18-12-10-14-19-16-20(32-24(30)25(2,3)4)17-21(23(18)19)28-33-26(5,6)27(7,8)34-28/h16-18H,9-15H2,1-8H3. The molecule has 0 radical (unpaired) electrons. The van der Waals surface area contributed by atoms with Gasteiger partial charge in [-0.2, -0.15) is 0 Å². The van der Waals surface area contributed by atoms with E-state index in [1.54, 1.807) is 0 Å². The fraction of sp³-hybridized carbons (Fsp3) is 0.704. The van der Waals surface area contributed by atoms with E-state index in [1.165, 1.54) is 11.1 Å². The van der Waals surface area contributed by atoms with Crippen LogP contribution in [0.5, 0.6) is 5.75 Å². The van der Waals surface area contributed by atoms with Crippen LogP contribution in [0.3, 0.4) is 0 Å². The number of hydrogen-bond acceptors (Lipinski definition) is 6. The maximum atomic E-state index is 12.6. The first kappa shape index (κ1) is 26.7. The van der Waals surface area contributed by atoms with Crippen LogP contribution in [0.2, 0.25) is 0 Å². The number of carbonyl (C=O) groups excluding carboxylic acids is 2. The van der Waals surface area contributed by atoms with Crippen LogP contribution >= 0.6 is 0 Å². The molecule has 0 bridgehead atoms. The van der Waals surface area contributed by atoms with Crippen molar-refractivity contribution < 1.29 is 28.4 Å². The van der Waals surface area contributed by atoms with Gasteiger partial charge in [-0.25, -0.2) is 0 Å². The van der Waals surface area contributed by atoms with E-state index in [0.717, 1.165) is 37.6 Å². The first-order valence-electron chi connectivity index (χ1n) is 12.7. The molecule has 1 atom stereocenters. The molecule has 1 heterocycles. The first-order valence-corrected chi connectivity index (χ1v) is 12.7. The second kappa shape index (κ2) is 10.0. The highest BCUT2D eigenvalue weighted by Crippen LogP contribution is 2.41. The highest BCUT2D eigenvalue weighted by molar-refractivity contribution is 6.62. The molecular weight excluding hydrogens is 431 g/mol. The molecule has 0 spiro atoms. The largest absolute Gasteiger partial charge is 0.495 e. The smallest absolute Gasteiger partial charge is 0.466 e. The number of hydrogen-bond donors (Lipinski definition) is 0. The summed E-state index contributed by atoms with van der Waals surface area (Å²) in [5.41, 5.74) is 1.79. The molecule has 0 saturated carbocycles. The lowest BCUT2D eigenvalue weighted by Gasteiger charge is -2.32. The van der Waals surface area contributed by atoms with Gasteiger partial charge >= 0.3 is 19.1 Å². The molecule has 1 fully saturated rings. The molecule has 1 aromatic carbocycles. The second-order valence-corrected chi connectivity index (χ2v) is 11.6. The van der Waals surface area contributed by atoms with Gasteiger partial charge in [-0.1, -0.05) is 0 Å². The Kier molecular flexibility index (Phi) is 7.88. The summed E-state index contributed by atoms with van der Waals surface area (Å²) in [5, 5.41) is 0. The Hall–Kier alpha value is -1.86. The van der Waals surface area contributed by atoms with Gasteiger partial charge < -0.3 is 18.8 Å². The predicted octanol–water partition coefficient (Wildman–Crippen LogP) is 5.09. The number of aryl methyl sites for hydroxylation is 1. The van der Waals surface area contributed by atoms with Crippen molar-refractivity contribution in [3.05, 3.63) is 23.3 Å². The van der Waals surface area contributed by atoms with E-state index in [2.05, 4.69) is 0 Å². The van der Waals surface area contributed by atoms with Gasteiger partial charge in [0.05, 0.1) is 23.2 Å². The molecule has 3 rings (SSSR count). The Morgan fingerprint density at radius 2 is 1.76 bits per heavy atom. The van der Waals surface area contributed by atoms with Crippen LogP contribution < -0.4 is 10.2 Å². The highest BCUT2D eigenvalue weighted by atomic mass is 16.7. The number of carbonyl (C=O) groups is 2. The Balaban J connectivity index is 1.96. The number of rotatable bonds is 7. The fourth-order valence-corrected chi connectivity index (χ4v) is 4.59. The minimum atomic E-state index is -0.601. The Morgan fingerprint density at radius 3 is 2.35 bits per heavy atom. The third-order valence-corrected chi connectivity index (χ3v) is 7.25. The van der Waals surface area contributed by atoms with Crippen molar-refractivity contribution >= 4 is 24.5 Å². The molecule has 0 aromatic heterocycles. The van der Waals surface area contributed by atoms with Gasteiger partial charge in [-0.05, 0) is 122 Å². The summed E-state index contributed by atoms with van der Waals surface area (Å²) in [6, 6.07) is 3.93. The summed E-state index contributed by atoms with van der Waals surface area (Å²) in [7, 11) is -0.544. The van der Waals surface area contributed by atoms with E-state index in [0.29, 0.717) is 24.7 Å². The fourth-order valence-electron chi connectivity index (χ4n) is 4.59. The average molecular weight is 472 g/mol. The zero-order valence-electron chi connectivity index (χ0n) is 22.2. The van der Waals surface area contributed by atoms with Crippen molar-refractivity contribution in [1.82, 2.24) is 0 Å². The summed E-state index contributed by atoms with van der Waals surface area (Å²) in [4.78, 5) is 24.5. The van der Waals surface area contributed by atoms with Crippen LogP contribution in [-0.4, -0.2) is 36.9 Å². The van der Waals surface area contributed by atoms with Crippen molar-refractivity contribution in [1.29, 1.82) is 0 Å². The number of ether oxygens (including phenoxy) is 2. The number of fused-ring (bicyclic) bond motifs is 1. The van der Waals surface area contributed by atoms with Crippen molar-refractivity contribution in [2.24, 2.45) is 5.41 Å². The van der Waals surface area contributed by atoms with Gasteiger partial charge in [0.15, 0.2) is 0 Å². The van der Waals surface area contributed by atoms with Crippen LogP contribution in [0, 0.1) is 5.41 Å². The SMILES string of the molecule is CCOC(=O)CCCC1CCCc2cc(OC(=O)C(C)(C)C)cc(B3OC(C)(C)C(C)(C)O3)c21. The Morgan fingerprint density at radius 1 is 1.12 bits per heavy atom. The summed E-state index contributed by atoms with van der Waals surface area (Å²) in [6.45, 7) is 16.0. The van der Waals surface area contributed by atoms with E-state index >= 15 is 0 Å². The first-order chi connectivity index (χ1) is 15.7. The summed E-state index contributed by atoms with van der Waals surface area (Å²) in [5.74, 6) is 0.415. The van der Waals surface area contributed by atoms with E-state index in [-0.39, 0.29) is 11.9 Å². The predicted molar refractivity (Wildman–Crippen MR) is 133 cm³/mol. The summed E-state index contributed by atoms with van der Waals surface area (Å²) < 4.78 is 23.8. The van der Waals surface area contributed by atoms with Crippen LogP contribution in [0.4, 0.5) is 0 Å². The van der Waals surface area contributed by atoms with Crippen LogP contribution in [0.15, 0.2) is 12.1 Å². The maximum Gasteiger partial charge on any atom is 0.495 e. The molecule has 0 N–H and O–H groups in total. The normalized spacial score (nSPS) is 21.2. The maximum absolute atomic E-state index is 12.6. The van der Waals surface area contributed by atoms with Gasteiger partial charge in [0.1, 0.15) is 5.75 Å². The molecule has 1 saturated heterocycles. The van der Waals surface area contributed by atoms with Crippen LogP contribution in [0.1, 0.15) is 105 Å². The van der Waals surface area contributed by atoms with Crippen molar-refractivity contribution in [2.45, 2.75) is 111 Å². The summed E-state index contributed by atoms with van der Waals surface area (Å²) in [6.07, 6.45) is 5.09. The Labute approximate surface area is 205 Å². The molecule has 7 heteroatoms. The molecule has 1 aliphatic carbocycles.